The van der Waals surface area contributed by atoms with Gasteiger partial charge in [-0.2, -0.15) is 0 Å². The summed E-state index contributed by atoms with van der Waals surface area (Å²) in [5.41, 5.74) is 0.414. The van der Waals surface area contributed by atoms with Crippen LogP contribution in [0.25, 0.3) is 0 Å². The van der Waals surface area contributed by atoms with E-state index < -0.39 is 0 Å². The van der Waals surface area contributed by atoms with Crippen LogP contribution in [0.5, 0.6) is 0 Å². The van der Waals surface area contributed by atoms with Crippen LogP contribution in [0.15, 0.2) is 0 Å². The third-order valence-electron chi connectivity index (χ3n) is 3.10. The van der Waals surface area contributed by atoms with Crippen molar-refractivity contribution in [3.63, 3.8) is 0 Å². The normalized spacial score (nSPS) is 19.2. The topological polar surface area (TPSA) is 47.0 Å². The number of rotatable bonds is 5. The van der Waals surface area contributed by atoms with Crippen LogP contribution in [-0.4, -0.2) is 29.7 Å². The number of hydrogen-bond acceptors (Lipinski definition) is 4. The predicted octanol–water partition coefficient (Wildman–Crippen LogP) is 2.33. The third kappa shape index (κ3) is 3.16. The fraction of sp³-hybridized carbons (Fsp3) is 0.692. The summed E-state index contributed by atoms with van der Waals surface area (Å²) >= 11 is 0. The van der Waals surface area contributed by atoms with Crippen LogP contribution in [-0.2, 0) is 11.2 Å². The Morgan fingerprint density at radius 1 is 1.44 bits per heavy atom. The van der Waals surface area contributed by atoms with E-state index in [4.69, 9.17) is 4.74 Å². The molecule has 4 nitrogen and oxygen atoms in total. The van der Waals surface area contributed by atoms with Crippen molar-refractivity contribution < 1.29 is 9.13 Å². The Labute approximate surface area is 107 Å². The second kappa shape index (κ2) is 6.09. The second-order valence-corrected chi connectivity index (χ2v) is 4.75. The van der Waals surface area contributed by atoms with Gasteiger partial charge < -0.3 is 10.1 Å². The van der Waals surface area contributed by atoms with Gasteiger partial charge >= 0.3 is 0 Å². The fourth-order valence-corrected chi connectivity index (χ4v) is 2.07. The second-order valence-electron chi connectivity index (χ2n) is 4.75. The lowest BCUT2D eigenvalue weighted by molar-refractivity contribution is 0.185. The van der Waals surface area contributed by atoms with Crippen molar-refractivity contribution in [3.8, 4) is 0 Å². The number of ether oxygens (including phenoxy) is 1. The molecular formula is C13H20FN3O. The molecule has 1 N–H and O–H groups in total. The Hall–Kier alpha value is -1.23. The van der Waals surface area contributed by atoms with Gasteiger partial charge in [0.25, 0.3) is 0 Å². The minimum Gasteiger partial charge on any atom is -0.381 e. The number of halogens is 1. The van der Waals surface area contributed by atoms with Gasteiger partial charge in [0, 0.05) is 26.2 Å². The number of hydrogen-bond donors (Lipinski definition) is 1. The highest BCUT2D eigenvalue weighted by Crippen LogP contribution is 2.19. The zero-order valence-electron chi connectivity index (χ0n) is 11.0. The lowest BCUT2D eigenvalue weighted by atomic mass is 10.0. The first-order valence-corrected chi connectivity index (χ1v) is 6.55. The van der Waals surface area contributed by atoms with Crippen LogP contribution in [0, 0.1) is 18.7 Å². The highest BCUT2D eigenvalue weighted by Gasteiger charge is 2.19. The molecule has 1 aliphatic rings. The molecule has 2 rings (SSSR count). The first-order chi connectivity index (χ1) is 8.70. The molecule has 0 saturated carbocycles. The molecule has 100 valence electrons. The van der Waals surface area contributed by atoms with Crippen molar-refractivity contribution >= 4 is 5.82 Å². The van der Waals surface area contributed by atoms with Crippen molar-refractivity contribution in [2.24, 2.45) is 5.92 Å². The van der Waals surface area contributed by atoms with E-state index in [-0.39, 0.29) is 5.82 Å². The molecule has 0 bridgehead atoms. The molecule has 1 aromatic heterocycles. The van der Waals surface area contributed by atoms with E-state index in [2.05, 4.69) is 15.3 Å². The number of nitrogens with zero attached hydrogens (tertiary/aromatic N) is 2. The van der Waals surface area contributed by atoms with Gasteiger partial charge in [0.2, 0.25) is 0 Å². The van der Waals surface area contributed by atoms with E-state index in [9.17, 15) is 4.39 Å². The van der Waals surface area contributed by atoms with E-state index in [1.165, 1.54) is 0 Å². The average molecular weight is 253 g/mol. The molecule has 0 radical (unpaired) electrons. The van der Waals surface area contributed by atoms with E-state index in [1.54, 1.807) is 6.92 Å². The highest BCUT2D eigenvalue weighted by molar-refractivity contribution is 5.38. The molecule has 1 aromatic rings. The van der Waals surface area contributed by atoms with Gasteiger partial charge in [-0.05, 0) is 25.7 Å². The maximum absolute atomic E-state index is 13.8. The van der Waals surface area contributed by atoms with Crippen LogP contribution < -0.4 is 5.32 Å². The summed E-state index contributed by atoms with van der Waals surface area (Å²) in [6, 6.07) is 0. The lowest BCUT2D eigenvalue weighted by Crippen LogP contribution is -2.13. The molecule has 2 heterocycles. The number of nitrogens with one attached hydrogen (secondary N) is 1. The van der Waals surface area contributed by atoms with Crippen molar-refractivity contribution in [3.05, 3.63) is 17.3 Å². The minimum absolute atomic E-state index is 0.332. The molecule has 5 heteroatoms. The number of aromatic nitrogens is 2. The quantitative estimate of drug-likeness (QED) is 0.875. The van der Waals surface area contributed by atoms with Crippen LogP contribution in [0.3, 0.4) is 0 Å². The predicted molar refractivity (Wildman–Crippen MR) is 68.1 cm³/mol. The molecule has 1 fully saturated rings. The minimum atomic E-state index is -0.338. The third-order valence-corrected chi connectivity index (χ3v) is 3.10. The Morgan fingerprint density at radius 3 is 2.94 bits per heavy atom. The highest BCUT2D eigenvalue weighted by atomic mass is 19.1. The van der Waals surface area contributed by atoms with Crippen LogP contribution in [0.1, 0.15) is 31.3 Å². The standard InChI is InChI=1S/C13H20FN3O/c1-3-5-15-13-12(14)9(2)16-11(17-13)7-10-4-6-18-8-10/h10H,3-8H2,1-2H3,(H,15,16,17). The lowest BCUT2D eigenvalue weighted by Gasteiger charge is -2.11. The molecule has 0 spiro atoms. The Kier molecular flexibility index (Phi) is 4.47. The summed E-state index contributed by atoms with van der Waals surface area (Å²) in [5.74, 6) is 1.17. The van der Waals surface area contributed by atoms with Gasteiger partial charge in [0.15, 0.2) is 11.6 Å². The summed E-state index contributed by atoms with van der Waals surface area (Å²) in [7, 11) is 0. The van der Waals surface area contributed by atoms with Crippen LogP contribution in [0.4, 0.5) is 10.2 Å². The van der Waals surface area contributed by atoms with Gasteiger partial charge in [-0.1, -0.05) is 6.92 Å². The summed E-state index contributed by atoms with van der Waals surface area (Å²) in [6.45, 7) is 6.02. The first kappa shape index (κ1) is 13.2. The first-order valence-electron chi connectivity index (χ1n) is 6.55. The summed E-state index contributed by atoms with van der Waals surface area (Å²) in [4.78, 5) is 8.50. The van der Waals surface area contributed by atoms with Gasteiger partial charge in [-0.3, -0.25) is 0 Å². The maximum Gasteiger partial charge on any atom is 0.186 e. The van der Waals surface area contributed by atoms with Gasteiger partial charge in [-0.15, -0.1) is 0 Å². The van der Waals surface area contributed by atoms with Gasteiger partial charge in [0.1, 0.15) is 5.82 Å². The largest absolute Gasteiger partial charge is 0.381 e. The maximum atomic E-state index is 13.8. The fourth-order valence-electron chi connectivity index (χ4n) is 2.07. The molecule has 1 aliphatic heterocycles. The molecule has 1 unspecified atom stereocenters. The van der Waals surface area contributed by atoms with Gasteiger partial charge in [-0.25, -0.2) is 14.4 Å². The van der Waals surface area contributed by atoms with Crippen molar-refractivity contribution in [1.82, 2.24) is 9.97 Å². The van der Waals surface area contributed by atoms with Crippen LogP contribution >= 0.6 is 0 Å². The molecule has 1 saturated heterocycles. The molecule has 0 amide bonds. The average Bonchev–Trinajstić information content (AvgIpc) is 2.84. The van der Waals surface area contributed by atoms with Gasteiger partial charge in [0.05, 0.1) is 5.69 Å². The van der Waals surface area contributed by atoms with E-state index in [1.807, 2.05) is 6.92 Å². The number of aryl methyl sites for hydroxylation is 1. The molecule has 1 atom stereocenters. The zero-order valence-corrected chi connectivity index (χ0v) is 11.0. The summed E-state index contributed by atoms with van der Waals surface area (Å²) < 4.78 is 19.1. The van der Waals surface area contributed by atoms with Crippen molar-refractivity contribution in [1.29, 1.82) is 0 Å². The molecule has 18 heavy (non-hydrogen) atoms. The van der Waals surface area contributed by atoms with Crippen LogP contribution in [0.2, 0.25) is 0 Å². The Morgan fingerprint density at radius 2 is 2.28 bits per heavy atom. The SMILES string of the molecule is CCCNc1nc(CC2CCOC2)nc(C)c1F. The monoisotopic (exact) mass is 253 g/mol. The number of anilines is 1. The Bertz CT molecular complexity index is 405. The van der Waals surface area contributed by atoms with Crippen molar-refractivity contribution in [2.75, 3.05) is 25.1 Å². The summed E-state index contributed by atoms with van der Waals surface area (Å²) in [5, 5.41) is 3.01. The molecule has 0 aliphatic carbocycles. The smallest absolute Gasteiger partial charge is 0.186 e. The van der Waals surface area contributed by atoms with E-state index in [0.29, 0.717) is 23.3 Å². The molecular weight excluding hydrogens is 233 g/mol. The Balaban J connectivity index is 2.11. The van der Waals surface area contributed by atoms with Crippen molar-refractivity contribution in [2.45, 2.75) is 33.1 Å². The van der Waals surface area contributed by atoms with E-state index >= 15 is 0 Å². The molecule has 0 aromatic carbocycles. The zero-order chi connectivity index (χ0) is 13.0. The summed E-state index contributed by atoms with van der Waals surface area (Å²) in [6.07, 6.45) is 2.74. The van der Waals surface area contributed by atoms with E-state index in [0.717, 1.165) is 39.0 Å².